The Bertz CT molecular complexity index is 1030. The number of carbonyl (C=O) groups excluding carboxylic acids is 2. The van der Waals surface area contributed by atoms with Crippen molar-refractivity contribution < 1.29 is 23.5 Å². The number of carbonyl (C=O) groups is 2. The fraction of sp³-hybridized carbons (Fsp3) is 0.0435. The lowest BCUT2D eigenvalue weighted by Crippen LogP contribution is -2.11. The van der Waals surface area contributed by atoms with Gasteiger partial charge in [0.15, 0.2) is 17.3 Å². The number of halogens is 1. The second-order valence-corrected chi connectivity index (χ2v) is 5.84. The molecule has 0 atom stereocenters. The van der Waals surface area contributed by atoms with Gasteiger partial charge in [-0.15, -0.1) is 0 Å². The molecule has 0 amide bonds. The van der Waals surface area contributed by atoms with Crippen LogP contribution in [-0.4, -0.2) is 18.9 Å². The number of rotatable bonds is 6. The molecule has 140 valence electrons. The maximum absolute atomic E-state index is 13.7. The Balaban J connectivity index is 1.77. The van der Waals surface area contributed by atoms with Crippen LogP contribution in [0.3, 0.4) is 0 Å². The average Bonchev–Trinajstić information content (AvgIpc) is 2.73. The largest absolute Gasteiger partial charge is 0.493 e. The predicted octanol–water partition coefficient (Wildman–Crippen LogP) is 4.95. The molecule has 0 heterocycles. The van der Waals surface area contributed by atoms with Crippen LogP contribution < -0.4 is 9.47 Å². The highest BCUT2D eigenvalue weighted by molar-refractivity contribution is 6.06. The first-order valence-electron chi connectivity index (χ1n) is 8.50. The number of allylic oxidation sites excluding steroid dienone is 1. The zero-order chi connectivity index (χ0) is 19.9. The van der Waals surface area contributed by atoms with Gasteiger partial charge >= 0.3 is 5.97 Å². The minimum absolute atomic E-state index is 0.130. The molecule has 0 aliphatic carbocycles. The third-order valence-corrected chi connectivity index (χ3v) is 3.97. The quantitative estimate of drug-likeness (QED) is 0.264. The summed E-state index contributed by atoms with van der Waals surface area (Å²) in [4.78, 5) is 24.3. The first-order chi connectivity index (χ1) is 13.6. The number of ketones is 1. The molecule has 4 nitrogen and oxygen atoms in total. The van der Waals surface area contributed by atoms with Crippen LogP contribution in [0.25, 0.3) is 6.08 Å². The zero-order valence-electron chi connectivity index (χ0n) is 15.1. The van der Waals surface area contributed by atoms with Crippen LogP contribution in [-0.2, 0) is 0 Å². The van der Waals surface area contributed by atoms with E-state index in [9.17, 15) is 14.0 Å². The molecule has 0 saturated heterocycles. The van der Waals surface area contributed by atoms with Crippen LogP contribution in [0.4, 0.5) is 4.39 Å². The summed E-state index contributed by atoms with van der Waals surface area (Å²) >= 11 is 0. The van der Waals surface area contributed by atoms with E-state index >= 15 is 0 Å². The highest BCUT2D eigenvalue weighted by Gasteiger charge is 2.16. The molecule has 0 spiro atoms. The van der Waals surface area contributed by atoms with E-state index in [1.165, 1.54) is 37.5 Å². The molecule has 0 aromatic heterocycles. The maximum atomic E-state index is 13.7. The molecule has 28 heavy (non-hydrogen) atoms. The molecule has 5 heteroatoms. The average molecular weight is 376 g/mol. The van der Waals surface area contributed by atoms with Crippen LogP contribution in [0, 0.1) is 5.82 Å². The lowest BCUT2D eigenvalue weighted by Gasteiger charge is -2.10. The Morgan fingerprint density at radius 3 is 2.32 bits per heavy atom. The van der Waals surface area contributed by atoms with Gasteiger partial charge in [0.05, 0.1) is 12.7 Å². The summed E-state index contributed by atoms with van der Waals surface area (Å²) in [6.07, 6.45) is 3.09. The van der Waals surface area contributed by atoms with Crippen molar-refractivity contribution >= 4 is 17.8 Å². The van der Waals surface area contributed by atoms with Gasteiger partial charge in [0.2, 0.25) is 0 Å². The summed E-state index contributed by atoms with van der Waals surface area (Å²) in [5.41, 5.74) is 1.11. The van der Waals surface area contributed by atoms with Gasteiger partial charge in [-0.05, 0) is 35.9 Å². The number of ether oxygens (including phenoxy) is 2. The van der Waals surface area contributed by atoms with E-state index in [0.717, 1.165) is 0 Å². The second kappa shape index (κ2) is 8.77. The van der Waals surface area contributed by atoms with E-state index in [1.54, 1.807) is 48.5 Å². The lowest BCUT2D eigenvalue weighted by atomic mass is 10.1. The van der Waals surface area contributed by atoms with Crippen LogP contribution in [0.1, 0.15) is 26.3 Å². The Kier molecular flexibility index (Phi) is 5.97. The number of hydrogen-bond donors (Lipinski definition) is 0. The Hall–Kier alpha value is -3.73. The molecule has 0 unspecified atom stereocenters. The van der Waals surface area contributed by atoms with E-state index in [1.807, 2.05) is 6.07 Å². The van der Waals surface area contributed by atoms with E-state index in [4.69, 9.17) is 9.47 Å². The van der Waals surface area contributed by atoms with Crippen molar-refractivity contribution in [3.63, 3.8) is 0 Å². The number of benzene rings is 3. The molecule has 0 fully saturated rings. The standard InChI is InChI=1S/C23H17FO4/c1-27-22-15-16(11-13-20(25)17-7-3-2-4-8-17)12-14-21(22)28-23(26)18-9-5-6-10-19(18)24/h2-15H,1H3/b13-11+. The first kappa shape index (κ1) is 19.0. The van der Waals surface area contributed by atoms with Gasteiger partial charge in [0, 0.05) is 5.56 Å². The highest BCUT2D eigenvalue weighted by atomic mass is 19.1. The SMILES string of the molecule is COc1cc(/C=C/C(=O)c2ccccc2)ccc1OC(=O)c1ccccc1F. The summed E-state index contributed by atoms with van der Waals surface area (Å²) in [7, 11) is 1.43. The third-order valence-electron chi connectivity index (χ3n) is 3.97. The van der Waals surface area contributed by atoms with Gasteiger partial charge in [-0.1, -0.05) is 54.6 Å². The minimum atomic E-state index is -0.820. The molecule has 3 aromatic carbocycles. The van der Waals surface area contributed by atoms with E-state index in [2.05, 4.69) is 0 Å². The van der Waals surface area contributed by atoms with Gasteiger partial charge in [0.25, 0.3) is 0 Å². The van der Waals surface area contributed by atoms with Crippen molar-refractivity contribution in [1.82, 2.24) is 0 Å². The highest BCUT2D eigenvalue weighted by Crippen LogP contribution is 2.29. The van der Waals surface area contributed by atoms with Crippen LogP contribution >= 0.6 is 0 Å². The molecule has 3 aromatic rings. The monoisotopic (exact) mass is 376 g/mol. The third kappa shape index (κ3) is 4.51. The van der Waals surface area contributed by atoms with Crippen molar-refractivity contribution in [2.24, 2.45) is 0 Å². The van der Waals surface area contributed by atoms with E-state index in [0.29, 0.717) is 16.9 Å². The van der Waals surface area contributed by atoms with Gasteiger partial charge in [-0.2, -0.15) is 0 Å². The van der Waals surface area contributed by atoms with Crippen molar-refractivity contribution in [2.75, 3.05) is 7.11 Å². The Morgan fingerprint density at radius 1 is 0.893 bits per heavy atom. The summed E-state index contributed by atoms with van der Waals surface area (Å²) in [6.45, 7) is 0. The van der Waals surface area contributed by atoms with Crippen molar-refractivity contribution in [2.45, 2.75) is 0 Å². The van der Waals surface area contributed by atoms with E-state index < -0.39 is 11.8 Å². The predicted molar refractivity (Wildman–Crippen MR) is 104 cm³/mol. The molecule has 3 rings (SSSR count). The van der Waals surface area contributed by atoms with Gasteiger partial charge in [0.1, 0.15) is 5.82 Å². The fourth-order valence-corrected chi connectivity index (χ4v) is 2.52. The van der Waals surface area contributed by atoms with E-state index in [-0.39, 0.29) is 17.1 Å². The first-order valence-corrected chi connectivity index (χ1v) is 8.50. The van der Waals surface area contributed by atoms with Crippen molar-refractivity contribution in [3.8, 4) is 11.5 Å². The number of hydrogen-bond acceptors (Lipinski definition) is 4. The molecule has 0 aliphatic heterocycles. The summed E-state index contributed by atoms with van der Waals surface area (Å²) in [5, 5.41) is 0. The number of esters is 1. The molecule has 0 radical (unpaired) electrons. The van der Waals surface area contributed by atoms with Gasteiger partial charge < -0.3 is 9.47 Å². The Labute approximate surface area is 161 Å². The van der Waals surface area contributed by atoms with Crippen LogP contribution in [0.5, 0.6) is 11.5 Å². The lowest BCUT2D eigenvalue weighted by molar-refractivity contribution is 0.0724. The summed E-state index contributed by atoms with van der Waals surface area (Å²) < 4.78 is 24.2. The molecule has 0 aliphatic rings. The molecule has 0 N–H and O–H groups in total. The topological polar surface area (TPSA) is 52.6 Å². The molecule has 0 saturated carbocycles. The molecular formula is C23H17FO4. The maximum Gasteiger partial charge on any atom is 0.346 e. The zero-order valence-corrected chi connectivity index (χ0v) is 15.1. The summed E-state index contributed by atoms with van der Waals surface area (Å²) in [5.74, 6) is -1.17. The normalized spacial score (nSPS) is 10.6. The second-order valence-electron chi connectivity index (χ2n) is 5.84. The fourth-order valence-electron chi connectivity index (χ4n) is 2.52. The molecular weight excluding hydrogens is 359 g/mol. The number of methoxy groups -OCH3 is 1. The van der Waals surface area contributed by atoms with Crippen molar-refractivity contribution in [3.05, 3.63) is 101 Å². The minimum Gasteiger partial charge on any atom is -0.493 e. The van der Waals surface area contributed by atoms with Gasteiger partial charge in [-0.25, -0.2) is 9.18 Å². The van der Waals surface area contributed by atoms with Crippen LogP contribution in [0.2, 0.25) is 0 Å². The Morgan fingerprint density at radius 2 is 1.61 bits per heavy atom. The smallest absolute Gasteiger partial charge is 0.346 e. The molecule has 0 bridgehead atoms. The summed E-state index contributed by atoms with van der Waals surface area (Å²) in [6, 6.07) is 19.3. The van der Waals surface area contributed by atoms with Crippen LogP contribution in [0.15, 0.2) is 78.9 Å². The van der Waals surface area contributed by atoms with Crippen molar-refractivity contribution in [1.29, 1.82) is 0 Å². The van der Waals surface area contributed by atoms with Gasteiger partial charge in [-0.3, -0.25) is 4.79 Å².